The van der Waals surface area contributed by atoms with Gasteiger partial charge in [0.1, 0.15) is 10.4 Å². The van der Waals surface area contributed by atoms with E-state index in [1.807, 2.05) is 0 Å². The number of hydroxylamine groups is 1. The summed E-state index contributed by atoms with van der Waals surface area (Å²) in [5.74, 6) is 3.63. The van der Waals surface area contributed by atoms with Crippen molar-refractivity contribution in [3.8, 4) is 0 Å². The van der Waals surface area contributed by atoms with Gasteiger partial charge < -0.3 is 15.3 Å². The fraction of sp³-hybridized carbons (Fsp3) is 0. The van der Waals surface area contributed by atoms with Gasteiger partial charge in [0.15, 0.2) is 5.10 Å². The number of rotatable bonds is 0. The van der Waals surface area contributed by atoms with E-state index in [0.29, 0.717) is 0 Å². The highest BCUT2D eigenvalue weighted by molar-refractivity contribution is 5.64. The van der Waals surface area contributed by atoms with Crippen molar-refractivity contribution in [2.45, 2.75) is 0 Å². The van der Waals surface area contributed by atoms with Crippen LogP contribution >= 0.6 is 0 Å². The van der Waals surface area contributed by atoms with Crippen LogP contribution in [-0.2, 0) is 0 Å². The first-order chi connectivity index (χ1) is 4.54. The summed E-state index contributed by atoms with van der Waals surface area (Å²) in [6.07, 6.45) is 0. The molecule has 0 aromatic heterocycles. The number of hydrogen-bond acceptors (Lipinski definition) is 7. The molecule has 0 fully saturated rings. The van der Waals surface area contributed by atoms with Crippen LogP contribution in [0.15, 0.2) is 15.5 Å². The smallest absolute Gasteiger partial charge is 0.572 e. The van der Waals surface area contributed by atoms with E-state index in [2.05, 4.69) is 21.4 Å². The van der Waals surface area contributed by atoms with Crippen molar-refractivity contribution in [2.24, 2.45) is 21.4 Å². The largest absolute Gasteiger partial charge is 0.613 e. The summed E-state index contributed by atoms with van der Waals surface area (Å²) in [5, 5.41) is 28.7. The van der Waals surface area contributed by atoms with Crippen LogP contribution in [-0.4, -0.2) is 15.7 Å². The lowest BCUT2D eigenvalue weighted by molar-refractivity contribution is -0.843. The lowest BCUT2D eigenvalue weighted by atomic mass is 11.0. The molecular weight excluding hydrogens is 144 g/mol. The van der Waals surface area contributed by atoms with Gasteiger partial charge in [-0.05, 0) is 4.86 Å². The molecule has 1 atom stereocenters. The first kappa shape index (κ1) is 6.67. The normalized spacial score (nSPS) is 30.4. The third kappa shape index (κ3) is 0.834. The molecule has 0 amide bonds. The number of nitrogens with zero attached hydrogens (tertiary/aromatic N) is 5. The minimum absolute atomic E-state index is 1.03. The molecule has 10 heavy (non-hydrogen) atoms. The Morgan fingerprint density at radius 3 is 2.50 bits per heavy atom. The monoisotopic (exact) mass is 146 g/mol. The molecule has 9 nitrogen and oxygen atoms in total. The highest BCUT2D eigenvalue weighted by Crippen LogP contribution is 2.08. The minimum Gasteiger partial charge on any atom is -0.572 e. The fourth-order valence-corrected chi connectivity index (χ4v) is 0.377. The molecule has 1 aliphatic heterocycles. The van der Waals surface area contributed by atoms with Crippen molar-refractivity contribution in [1.82, 2.24) is 0 Å². The molecule has 0 aromatic rings. The number of quaternary nitrogens is 1. The summed E-state index contributed by atoms with van der Waals surface area (Å²) in [4.78, 5) is 6.85. The van der Waals surface area contributed by atoms with Gasteiger partial charge in [0.2, 0.25) is 0 Å². The Hall–Kier alpha value is -1.45. The molecule has 0 saturated heterocycles. The van der Waals surface area contributed by atoms with Crippen LogP contribution in [0.5, 0.6) is 0 Å². The molecule has 0 radical (unpaired) electrons. The van der Waals surface area contributed by atoms with Gasteiger partial charge in [0.25, 0.3) is 0 Å². The molecule has 0 aliphatic carbocycles. The number of guanidine groups is 1. The zero-order valence-electron chi connectivity index (χ0n) is 4.54. The van der Waals surface area contributed by atoms with E-state index in [0.717, 1.165) is 0 Å². The molecule has 0 bridgehead atoms. The van der Waals surface area contributed by atoms with Crippen molar-refractivity contribution in [1.29, 1.82) is 0 Å². The van der Waals surface area contributed by atoms with Gasteiger partial charge in [0, 0.05) is 4.92 Å². The van der Waals surface area contributed by atoms with Crippen molar-refractivity contribution >= 4 is 5.96 Å². The van der Waals surface area contributed by atoms with Crippen LogP contribution in [0.2, 0.25) is 0 Å². The van der Waals surface area contributed by atoms with E-state index in [1.54, 1.807) is 0 Å². The molecular formula is CH2N6O3. The van der Waals surface area contributed by atoms with E-state index in [1.165, 1.54) is 0 Å². The summed E-state index contributed by atoms with van der Waals surface area (Å²) in [6, 6.07) is 0. The van der Waals surface area contributed by atoms with E-state index >= 15 is 0 Å². The van der Waals surface area contributed by atoms with Crippen LogP contribution in [0.1, 0.15) is 0 Å². The summed E-state index contributed by atoms with van der Waals surface area (Å²) >= 11 is 0. The van der Waals surface area contributed by atoms with Crippen molar-refractivity contribution in [2.75, 3.05) is 0 Å². The molecule has 1 unspecified atom stereocenters. The Morgan fingerprint density at radius 2 is 2.30 bits per heavy atom. The maximum atomic E-state index is 10.6. The molecule has 9 heteroatoms. The Bertz CT molecular complexity index is 227. The highest BCUT2D eigenvalue weighted by atomic mass is 16.7. The van der Waals surface area contributed by atoms with Crippen molar-refractivity contribution < 1.29 is 9.79 Å². The molecule has 0 spiro atoms. The summed E-state index contributed by atoms with van der Waals surface area (Å²) in [7, 11) is 0. The Labute approximate surface area is 53.7 Å². The Morgan fingerprint density at radius 1 is 1.70 bits per heavy atom. The zero-order valence-corrected chi connectivity index (χ0v) is 4.54. The van der Waals surface area contributed by atoms with E-state index in [4.69, 9.17) is 0 Å². The maximum Gasteiger partial charge on any atom is 0.613 e. The van der Waals surface area contributed by atoms with E-state index < -0.39 is 15.7 Å². The molecule has 0 saturated carbocycles. The maximum absolute atomic E-state index is 10.6. The SMILES string of the molecule is N[N+]1([O-])N=NN=C1[N+](=O)[O-]. The van der Waals surface area contributed by atoms with Gasteiger partial charge in [0.05, 0.1) is 0 Å². The minimum atomic E-state index is -1.99. The van der Waals surface area contributed by atoms with Gasteiger partial charge in [-0.1, -0.05) is 0 Å². The Kier molecular flexibility index (Phi) is 1.18. The van der Waals surface area contributed by atoms with Crippen molar-refractivity contribution in [3.05, 3.63) is 15.3 Å². The summed E-state index contributed by atoms with van der Waals surface area (Å²) in [5.41, 5.74) is 0. The first-order valence-corrected chi connectivity index (χ1v) is 2.08. The fourth-order valence-electron chi connectivity index (χ4n) is 0.377. The zero-order chi connectivity index (χ0) is 7.78. The predicted molar refractivity (Wildman–Crippen MR) is 27.1 cm³/mol. The topological polar surface area (TPSA) is 129 Å². The second-order valence-electron chi connectivity index (χ2n) is 1.46. The van der Waals surface area contributed by atoms with Gasteiger partial charge in [-0.2, -0.15) is 0 Å². The van der Waals surface area contributed by atoms with Crippen LogP contribution in [0.25, 0.3) is 0 Å². The van der Waals surface area contributed by atoms with E-state index in [-0.39, 0.29) is 0 Å². The average molecular weight is 146 g/mol. The van der Waals surface area contributed by atoms with Crippen LogP contribution in [0, 0.1) is 15.3 Å². The standard InChI is InChI=1S/CH2N6O3/c2-7(10)1(6(8)9)3-4-5-7/h2H2. The highest BCUT2D eigenvalue weighted by Gasteiger charge is 2.40. The predicted octanol–water partition coefficient (Wildman–Crippen LogP) is -0.897. The average Bonchev–Trinajstić information content (AvgIpc) is 2.08. The van der Waals surface area contributed by atoms with Crippen molar-refractivity contribution in [3.63, 3.8) is 0 Å². The van der Waals surface area contributed by atoms with Gasteiger partial charge in [-0.15, -0.1) is 5.84 Å². The second kappa shape index (κ2) is 1.76. The Balaban J connectivity index is 2.93. The lowest BCUT2D eigenvalue weighted by Gasteiger charge is -2.15. The van der Waals surface area contributed by atoms with Gasteiger partial charge in [-0.25, -0.2) is 0 Å². The molecule has 1 aliphatic rings. The van der Waals surface area contributed by atoms with E-state index in [9.17, 15) is 15.3 Å². The molecule has 1 heterocycles. The first-order valence-electron chi connectivity index (χ1n) is 2.08. The summed E-state index contributed by atoms with van der Waals surface area (Å²) in [6.45, 7) is 0. The number of nitrogens with two attached hydrogens (primary N) is 1. The molecule has 1 rings (SSSR count). The molecule has 0 aromatic carbocycles. The lowest BCUT2D eigenvalue weighted by Crippen LogP contribution is -2.50. The van der Waals surface area contributed by atoms with Crippen LogP contribution in [0.3, 0.4) is 0 Å². The number of nitro groups is 1. The van der Waals surface area contributed by atoms with Gasteiger partial charge in [-0.3, -0.25) is 0 Å². The summed E-state index contributed by atoms with van der Waals surface area (Å²) < 4.78 is 0. The van der Waals surface area contributed by atoms with Gasteiger partial charge >= 0.3 is 5.96 Å². The quantitative estimate of drug-likeness (QED) is 0.156. The number of hydrogen-bond donors (Lipinski definition) is 1. The van der Waals surface area contributed by atoms with Crippen LogP contribution < -0.4 is 5.84 Å². The third-order valence-electron chi connectivity index (χ3n) is 0.757. The van der Waals surface area contributed by atoms with Crippen LogP contribution in [0.4, 0.5) is 0 Å². The molecule has 2 N–H and O–H groups in total. The third-order valence-corrected chi connectivity index (χ3v) is 0.757. The second-order valence-corrected chi connectivity index (χ2v) is 1.46. The molecule has 54 valence electrons.